The summed E-state index contributed by atoms with van der Waals surface area (Å²) in [5, 5.41) is 2.59. The third-order valence-corrected chi connectivity index (χ3v) is 11.6. The fourth-order valence-electron chi connectivity index (χ4n) is 9.01. The molecule has 49 heavy (non-hydrogen) atoms. The first kappa shape index (κ1) is 28.4. The van der Waals surface area contributed by atoms with Crippen LogP contribution in [0.15, 0.2) is 152 Å². The van der Waals surface area contributed by atoms with Gasteiger partial charge in [-0.1, -0.05) is 137 Å². The molecule has 0 fully saturated rings. The van der Waals surface area contributed by atoms with Crippen LogP contribution in [0.4, 0.5) is 0 Å². The van der Waals surface area contributed by atoms with Gasteiger partial charge in [-0.2, -0.15) is 0 Å². The molecule has 0 unspecified atom stereocenters. The molecule has 0 N–H and O–H groups in total. The summed E-state index contributed by atoms with van der Waals surface area (Å²) in [6.45, 7) is 9.60. The second kappa shape index (κ2) is 9.94. The maximum absolute atomic E-state index is 2.54. The number of benzene rings is 7. The lowest BCUT2D eigenvalue weighted by molar-refractivity contribution is 0.639. The van der Waals surface area contributed by atoms with Crippen LogP contribution in [-0.2, 0) is 10.8 Å². The minimum atomic E-state index is -0.0903. The van der Waals surface area contributed by atoms with Crippen LogP contribution in [0.25, 0.3) is 72.0 Å². The lowest BCUT2D eigenvalue weighted by Gasteiger charge is -2.26. The Hall–Kier alpha value is -5.66. The van der Waals surface area contributed by atoms with Gasteiger partial charge in [-0.15, -0.1) is 0 Å². The zero-order valence-corrected chi connectivity index (χ0v) is 28.4. The summed E-state index contributed by atoms with van der Waals surface area (Å²) < 4.78 is 2.44. The summed E-state index contributed by atoms with van der Waals surface area (Å²) in [5.41, 5.74) is 19.6. The van der Waals surface area contributed by atoms with E-state index >= 15 is 0 Å². The molecule has 0 radical (unpaired) electrons. The van der Waals surface area contributed by atoms with Gasteiger partial charge in [-0.3, -0.25) is 0 Å². The fourth-order valence-corrected chi connectivity index (χ4v) is 9.01. The van der Waals surface area contributed by atoms with Crippen molar-refractivity contribution in [3.63, 3.8) is 0 Å². The summed E-state index contributed by atoms with van der Waals surface area (Å²) in [5.74, 6) is 0. The van der Waals surface area contributed by atoms with Crippen LogP contribution < -0.4 is 0 Å². The van der Waals surface area contributed by atoms with Crippen molar-refractivity contribution in [1.82, 2.24) is 4.57 Å². The Labute approximate surface area is 288 Å². The summed E-state index contributed by atoms with van der Waals surface area (Å²) in [4.78, 5) is 0. The molecule has 1 nitrogen and oxygen atoms in total. The maximum atomic E-state index is 2.54. The predicted molar refractivity (Wildman–Crippen MR) is 207 cm³/mol. The lowest BCUT2D eigenvalue weighted by Crippen LogP contribution is -2.18. The van der Waals surface area contributed by atoms with Crippen LogP contribution in [0.1, 0.15) is 49.9 Å². The van der Waals surface area contributed by atoms with Crippen molar-refractivity contribution in [2.45, 2.75) is 38.5 Å². The van der Waals surface area contributed by atoms with Crippen molar-refractivity contribution in [3.8, 4) is 50.2 Å². The zero-order chi connectivity index (χ0) is 33.1. The molecule has 2 aliphatic carbocycles. The number of nitrogens with zero attached hydrogens (tertiary/aromatic N) is 1. The van der Waals surface area contributed by atoms with Crippen LogP contribution in [0, 0.1) is 0 Å². The Bertz CT molecular complexity index is 2590. The summed E-state index contributed by atoms with van der Waals surface area (Å²) >= 11 is 0. The Morgan fingerprint density at radius 1 is 0.347 bits per heavy atom. The molecule has 0 saturated heterocycles. The molecule has 2 aliphatic rings. The van der Waals surface area contributed by atoms with Crippen molar-refractivity contribution in [3.05, 3.63) is 174 Å². The molecule has 0 saturated carbocycles. The van der Waals surface area contributed by atoms with Crippen LogP contribution in [0.5, 0.6) is 0 Å². The van der Waals surface area contributed by atoms with Crippen molar-refractivity contribution in [2.75, 3.05) is 0 Å². The number of fused-ring (bicyclic) bond motifs is 9. The Kier molecular flexibility index (Phi) is 5.75. The van der Waals surface area contributed by atoms with Crippen molar-refractivity contribution < 1.29 is 0 Å². The molecule has 234 valence electrons. The third-order valence-electron chi connectivity index (χ3n) is 11.6. The molecule has 10 rings (SSSR count). The highest BCUT2D eigenvalue weighted by Crippen LogP contribution is 2.56. The molecule has 1 aromatic heterocycles. The van der Waals surface area contributed by atoms with E-state index in [0.29, 0.717) is 0 Å². The first-order valence-electron chi connectivity index (χ1n) is 17.4. The number of hydrogen-bond acceptors (Lipinski definition) is 0. The van der Waals surface area contributed by atoms with Gasteiger partial charge in [-0.05, 0) is 109 Å². The molecular weight excluding hydrogens is 591 g/mol. The second-order valence-electron chi connectivity index (χ2n) is 15.0. The van der Waals surface area contributed by atoms with Crippen molar-refractivity contribution >= 4 is 21.8 Å². The van der Waals surface area contributed by atoms with E-state index in [4.69, 9.17) is 0 Å². The quantitative estimate of drug-likeness (QED) is 0.184. The van der Waals surface area contributed by atoms with E-state index in [9.17, 15) is 0 Å². The molecule has 8 aromatic rings. The van der Waals surface area contributed by atoms with Crippen LogP contribution in [0.2, 0.25) is 0 Å². The third kappa shape index (κ3) is 3.93. The molecule has 0 amide bonds. The van der Waals surface area contributed by atoms with Gasteiger partial charge in [0, 0.05) is 27.3 Å². The van der Waals surface area contributed by atoms with Gasteiger partial charge >= 0.3 is 0 Å². The SMILES string of the molecule is CC1(C)c2ccc(-c3cccc(-c4ccccc4)c3)cc2-c2cc3c(cc21)C(C)(C)c1ccc(-n2c4ccccc4c4ccccc42)cc1-3. The normalized spacial score (nSPS) is 14.9. The van der Waals surface area contributed by atoms with E-state index in [2.05, 4.69) is 184 Å². The van der Waals surface area contributed by atoms with E-state index in [1.54, 1.807) is 0 Å². The fraction of sp³-hybridized carbons (Fsp3) is 0.125. The molecule has 7 aromatic carbocycles. The Balaban J connectivity index is 1.15. The average molecular weight is 628 g/mol. The van der Waals surface area contributed by atoms with Gasteiger partial charge in [-0.25, -0.2) is 0 Å². The first-order chi connectivity index (χ1) is 23.8. The Morgan fingerprint density at radius 2 is 0.837 bits per heavy atom. The molecule has 0 atom stereocenters. The first-order valence-corrected chi connectivity index (χ1v) is 17.4. The van der Waals surface area contributed by atoms with Crippen LogP contribution in [0.3, 0.4) is 0 Å². The number of hydrogen-bond donors (Lipinski definition) is 0. The molecule has 1 heteroatoms. The minimum absolute atomic E-state index is 0.0803. The highest BCUT2D eigenvalue weighted by molar-refractivity contribution is 6.09. The molecular formula is C48H37N. The van der Waals surface area contributed by atoms with E-state index < -0.39 is 0 Å². The molecule has 0 spiro atoms. The van der Waals surface area contributed by atoms with Gasteiger partial charge in [0.15, 0.2) is 0 Å². The van der Waals surface area contributed by atoms with Gasteiger partial charge in [0.2, 0.25) is 0 Å². The second-order valence-corrected chi connectivity index (χ2v) is 15.0. The highest BCUT2D eigenvalue weighted by atomic mass is 15.0. The van der Waals surface area contributed by atoms with Gasteiger partial charge < -0.3 is 4.57 Å². The summed E-state index contributed by atoms with van der Waals surface area (Å²) in [7, 11) is 0. The van der Waals surface area contributed by atoms with Crippen molar-refractivity contribution in [1.29, 1.82) is 0 Å². The largest absolute Gasteiger partial charge is 0.309 e. The van der Waals surface area contributed by atoms with E-state index in [1.807, 2.05) is 0 Å². The lowest BCUT2D eigenvalue weighted by atomic mass is 9.77. The van der Waals surface area contributed by atoms with Crippen LogP contribution >= 0.6 is 0 Å². The van der Waals surface area contributed by atoms with Crippen molar-refractivity contribution in [2.24, 2.45) is 0 Å². The maximum Gasteiger partial charge on any atom is 0.0541 e. The molecule has 0 bridgehead atoms. The number of aromatic nitrogens is 1. The van der Waals surface area contributed by atoms with Gasteiger partial charge in [0.1, 0.15) is 0 Å². The predicted octanol–water partition coefficient (Wildman–Crippen LogP) is 12.7. The van der Waals surface area contributed by atoms with E-state index in [1.165, 1.54) is 94.3 Å². The smallest absolute Gasteiger partial charge is 0.0541 e. The monoisotopic (exact) mass is 627 g/mol. The molecule has 0 aliphatic heterocycles. The zero-order valence-electron chi connectivity index (χ0n) is 28.4. The Morgan fingerprint density at radius 3 is 1.49 bits per heavy atom. The number of rotatable bonds is 3. The minimum Gasteiger partial charge on any atom is -0.309 e. The molecule has 1 heterocycles. The van der Waals surface area contributed by atoms with Gasteiger partial charge in [0.25, 0.3) is 0 Å². The standard InChI is InChI=1S/C48H37N/c1-47(2)41-23-21-33(32-16-12-15-31(25-32)30-13-6-5-7-14-30)26-37(41)39-28-40-38-27-34(22-24-42(38)48(3,4)44(40)29-43(39)47)49-45-19-10-8-17-35(45)36-18-9-11-20-46(36)49/h5-29H,1-4H3. The van der Waals surface area contributed by atoms with E-state index in [-0.39, 0.29) is 10.8 Å². The van der Waals surface area contributed by atoms with E-state index in [0.717, 1.165) is 0 Å². The van der Waals surface area contributed by atoms with Gasteiger partial charge in [0.05, 0.1) is 11.0 Å². The highest BCUT2D eigenvalue weighted by Gasteiger charge is 2.42. The topological polar surface area (TPSA) is 4.93 Å². The summed E-state index contributed by atoms with van der Waals surface area (Å²) in [6.07, 6.45) is 0. The van der Waals surface area contributed by atoms with Crippen LogP contribution in [-0.4, -0.2) is 4.57 Å². The number of para-hydroxylation sites is 2. The average Bonchev–Trinajstić information content (AvgIpc) is 3.67. The summed E-state index contributed by atoms with van der Waals surface area (Å²) in [6, 6.07) is 56.6.